The largest absolute Gasteiger partial charge is 0.477 e. The Hall–Kier alpha value is -1.20. The number of pyridine rings is 1. The fourth-order valence-corrected chi connectivity index (χ4v) is 1.67. The van der Waals surface area contributed by atoms with Crippen molar-refractivity contribution in [1.29, 1.82) is 0 Å². The summed E-state index contributed by atoms with van der Waals surface area (Å²) < 4.78 is 18.8. The normalized spacial score (nSPS) is 11.0. The first-order valence-electron chi connectivity index (χ1n) is 6.76. The van der Waals surface area contributed by atoms with Crippen LogP contribution < -0.4 is 10.1 Å². The highest BCUT2D eigenvalue weighted by molar-refractivity contribution is 5.26. The third kappa shape index (κ3) is 6.50. The summed E-state index contributed by atoms with van der Waals surface area (Å²) in [6.07, 6.45) is 3.17. The average Bonchev–Trinajstić information content (AvgIpc) is 2.36. The van der Waals surface area contributed by atoms with E-state index in [2.05, 4.69) is 22.1 Å². The fourth-order valence-electron chi connectivity index (χ4n) is 1.67. The quantitative estimate of drug-likeness (QED) is 0.696. The van der Waals surface area contributed by atoms with Crippen molar-refractivity contribution in [2.45, 2.75) is 26.3 Å². The van der Waals surface area contributed by atoms with Crippen molar-refractivity contribution in [3.63, 3.8) is 0 Å². The Morgan fingerprint density at radius 1 is 1.42 bits per heavy atom. The van der Waals surface area contributed by atoms with Crippen LogP contribution in [0.5, 0.6) is 5.88 Å². The van der Waals surface area contributed by atoms with Crippen LogP contribution in [0.3, 0.4) is 0 Å². The molecule has 0 aliphatic carbocycles. The van der Waals surface area contributed by atoms with E-state index in [9.17, 15) is 4.39 Å². The van der Waals surface area contributed by atoms with Crippen molar-refractivity contribution >= 4 is 0 Å². The van der Waals surface area contributed by atoms with Crippen LogP contribution in [0.1, 0.15) is 25.3 Å². The molecule has 1 aromatic heterocycles. The van der Waals surface area contributed by atoms with E-state index < -0.39 is 0 Å². The number of nitrogens with zero attached hydrogens (tertiary/aromatic N) is 2. The van der Waals surface area contributed by atoms with Gasteiger partial charge in [-0.15, -0.1) is 0 Å². The predicted molar refractivity (Wildman–Crippen MR) is 74.9 cm³/mol. The molecule has 0 spiro atoms. The fraction of sp³-hybridized carbons (Fsp3) is 0.643. The summed E-state index contributed by atoms with van der Waals surface area (Å²) in [5.74, 6) is 0.206. The Kier molecular flexibility index (Phi) is 7.36. The van der Waals surface area contributed by atoms with E-state index in [0.29, 0.717) is 19.0 Å². The van der Waals surface area contributed by atoms with E-state index in [1.807, 2.05) is 14.1 Å². The van der Waals surface area contributed by atoms with Crippen molar-refractivity contribution < 1.29 is 9.13 Å². The lowest BCUT2D eigenvalue weighted by molar-refractivity contribution is 0.269. The number of nitrogens with one attached hydrogen (secondary N) is 1. The molecule has 0 fully saturated rings. The van der Waals surface area contributed by atoms with E-state index in [1.165, 1.54) is 12.3 Å². The van der Waals surface area contributed by atoms with Gasteiger partial charge in [0.25, 0.3) is 0 Å². The Labute approximate surface area is 115 Å². The topological polar surface area (TPSA) is 37.4 Å². The molecule has 0 radical (unpaired) electrons. The second-order valence-electron chi connectivity index (χ2n) is 4.80. The molecule has 5 heteroatoms. The smallest absolute Gasteiger partial charge is 0.218 e. The van der Waals surface area contributed by atoms with E-state index in [4.69, 9.17) is 4.74 Å². The second-order valence-corrected chi connectivity index (χ2v) is 4.80. The summed E-state index contributed by atoms with van der Waals surface area (Å²) >= 11 is 0. The molecule has 0 aliphatic heterocycles. The molecule has 1 aromatic rings. The lowest BCUT2D eigenvalue weighted by atomic mass is 10.2. The van der Waals surface area contributed by atoms with Crippen LogP contribution >= 0.6 is 0 Å². The number of hydrogen-bond acceptors (Lipinski definition) is 4. The van der Waals surface area contributed by atoms with Gasteiger partial charge in [0.2, 0.25) is 5.88 Å². The van der Waals surface area contributed by atoms with Crippen LogP contribution in [-0.4, -0.2) is 43.7 Å². The number of rotatable bonds is 9. The zero-order valence-corrected chi connectivity index (χ0v) is 12.1. The second kappa shape index (κ2) is 8.82. The Balaban J connectivity index is 2.50. The molecule has 108 valence electrons. The maximum atomic E-state index is 13.2. The van der Waals surface area contributed by atoms with Gasteiger partial charge in [-0.2, -0.15) is 0 Å². The van der Waals surface area contributed by atoms with Crippen LogP contribution in [0.15, 0.2) is 12.3 Å². The van der Waals surface area contributed by atoms with E-state index in [1.54, 1.807) is 0 Å². The van der Waals surface area contributed by atoms with Crippen LogP contribution in [-0.2, 0) is 6.54 Å². The minimum absolute atomic E-state index is 0.325. The van der Waals surface area contributed by atoms with Crippen LogP contribution in [0.4, 0.5) is 4.39 Å². The summed E-state index contributed by atoms with van der Waals surface area (Å²) in [5, 5.41) is 3.23. The lowest BCUT2D eigenvalue weighted by Crippen LogP contribution is -2.17. The lowest BCUT2D eigenvalue weighted by Gasteiger charge is -2.12. The van der Waals surface area contributed by atoms with Gasteiger partial charge in [-0.25, -0.2) is 9.37 Å². The van der Waals surface area contributed by atoms with Gasteiger partial charge in [-0.1, -0.05) is 6.92 Å². The van der Waals surface area contributed by atoms with Gasteiger partial charge < -0.3 is 15.0 Å². The van der Waals surface area contributed by atoms with Crippen molar-refractivity contribution in [2.24, 2.45) is 0 Å². The Bertz CT molecular complexity index is 372. The summed E-state index contributed by atoms with van der Waals surface area (Å²) in [7, 11) is 4.05. The van der Waals surface area contributed by atoms with E-state index >= 15 is 0 Å². The predicted octanol–water partition coefficient (Wildman–Crippen LogP) is 2.05. The summed E-state index contributed by atoms with van der Waals surface area (Å²) in [6, 6.07) is 1.48. The Morgan fingerprint density at radius 3 is 2.89 bits per heavy atom. The van der Waals surface area contributed by atoms with Gasteiger partial charge in [-0.3, -0.25) is 0 Å². The van der Waals surface area contributed by atoms with Gasteiger partial charge in [0.15, 0.2) is 0 Å². The van der Waals surface area contributed by atoms with Gasteiger partial charge >= 0.3 is 0 Å². The number of aromatic nitrogens is 1. The molecule has 0 amide bonds. The van der Waals surface area contributed by atoms with Gasteiger partial charge in [-0.05, 0) is 39.5 Å². The third-order valence-electron chi connectivity index (χ3n) is 2.62. The zero-order valence-electron chi connectivity index (χ0n) is 12.1. The molecule has 0 atom stereocenters. The molecule has 1 rings (SSSR count). The minimum Gasteiger partial charge on any atom is -0.477 e. The molecular weight excluding hydrogens is 245 g/mol. The van der Waals surface area contributed by atoms with Crippen molar-refractivity contribution in [3.05, 3.63) is 23.6 Å². The first-order chi connectivity index (χ1) is 9.13. The SMILES string of the molecule is CCCNCc1cc(F)cnc1OCCCN(C)C. The molecule has 0 bridgehead atoms. The molecule has 19 heavy (non-hydrogen) atoms. The molecule has 0 saturated heterocycles. The van der Waals surface area contributed by atoms with E-state index in [0.717, 1.165) is 31.5 Å². The highest BCUT2D eigenvalue weighted by Crippen LogP contribution is 2.16. The van der Waals surface area contributed by atoms with Crippen LogP contribution in [0.25, 0.3) is 0 Å². The highest BCUT2D eigenvalue weighted by Gasteiger charge is 2.07. The molecule has 1 heterocycles. The monoisotopic (exact) mass is 269 g/mol. The van der Waals surface area contributed by atoms with Gasteiger partial charge in [0, 0.05) is 18.7 Å². The van der Waals surface area contributed by atoms with Crippen molar-refractivity contribution in [3.8, 4) is 5.88 Å². The maximum Gasteiger partial charge on any atom is 0.218 e. The number of hydrogen-bond donors (Lipinski definition) is 1. The zero-order chi connectivity index (χ0) is 14.1. The summed E-state index contributed by atoms with van der Waals surface area (Å²) in [6.45, 7) is 5.13. The molecule has 0 aromatic carbocycles. The summed E-state index contributed by atoms with van der Waals surface area (Å²) in [4.78, 5) is 6.13. The molecule has 0 unspecified atom stereocenters. The van der Waals surface area contributed by atoms with Crippen molar-refractivity contribution in [2.75, 3.05) is 33.8 Å². The minimum atomic E-state index is -0.325. The highest BCUT2D eigenvalue weighted by atomic mass is 19.1. The van der Waals surface area contributed by atoms with Gasteiger partial charge in [0.1, 0.15) is 5.82 Å². The molecule has 0 aliphatic rings. The van der Waals surface area contributed by atoms with Crippen molar-refractivity contribution in [1.82, 2.24) is 15.2 Å². The first kappa shape index (κ1) is 15.9. The average molecular weight is 269 g/mol. The number of halogens is 1. The van der Waals surface area contributed by atoms with Crippen LogP contribution in [0, 0.1) is 5.82 Å². The first-order valence-corrected chi connectivity index (χ1v) is 6.76. The molecule has 4 nitrogen and oxygen atoms in total. The molecular formula is C14H24FN3O. The van der Waals surface area contributed by atoms with Gasteiger partial charge in [0.05, 0.1) is 12.8 Å². The van der Waals surface area contributed by atoms with Crippen LogP contribution in [0.2, 0.25) is 0 Å². The standard InChI is InChI=1S/C14H24FN3O/c1-4-6-16-10-12-9-13(15)11-17-14(12)19-8-5-7-18(2)3/h9,11,16H,4-8,10H2,1-3H3. The van der Waals surface area contributed by atoms with E-state index in [-0.39, 0.29) is 5.82 Å². The molecule has 1 N–H and O–H groups in total. The maximum absolute atomic E-state index is 13.2. The third-order valence-corrected chi connectivity index (χ3v) is 2.62. The number of ether oxygens (including phenoxy) is 1. The Morgan fingerprint density at radius 2 is 2.21 bits per heavy atom. The summed E-state index contributed by atoms with van der Waals surface area (Å²) in [5.41, 5.74) is 0.776. The molecule has 0 saturated carbocycles.